The summed E-state index contributed by atoms with van der Waals surface area (Å²) in [5.41, 5.74) is 0.552. The number of hydrogen-bond donors (Lipinski definition) is 2. The van der Waals surface area contributed by atoms with Crippen LogP contribution in [0.1, 0.15) is 31.1 Å². The van der Waals surface area contributed by atoms with Crippen LogP contribution in [0.5, 0.6) is 5.75 Å². The van der Waals surface area contributed by atoms with Gasteiger partial charge < -0.3 is 19.5 Å². The number of nitrogens with one attached hydrogen (secondary N) is 1. The molecule has 0 spiro atoms. The van der Waals surface area contributed by atoms with Crippen molar-refractivity contribution in [3.05, 3.63) is 29.8 Å². The zero-order valence-corrected chi connectivity index (χ0v) is 13.5. The summed E-state index contributed by atoms with van der Waals surface area (Å²) in [5.74, 6) is 0.499. The van der Waals surface area contributed by atoms with E-state index in [1.165, 1.54) is 11.8 Å². The minimum Gasteiger partial charge on any atom is -0.490 e. The average Bonchev–Trinajstić information content (AvgIpc) is 2.44. The van der Waals surface area contributed by atoms with E-state index in [4.69, 9.17) is 9.47 Å². The number of morpholine rings is 1. The Balaban J connectivity index is 1.85. The Bertz CT molecular complexity index is 495. The highest BCUT2D eigenvalue weighted by Crippen LogP contribution is 2.18. The number of carbonyl (C=O) groups excluding carboxylic acids is 1. The lowest BCUT2D eigenvalue weighted by Crippen LogP contribution is -3.16. The molecule has 0 amide bonds. The fourth-order valence-corrected chi connectivity index (χ4v) is 3.02. The first-order valence-corrected chi connectivity index (χ1v) is 7.85. The van der Waals surface area contributed by atoms with Crippen LogP contribution in [0.3, 0.4) is 0 Å². The van der Waals surface area contributed by atoms with E-state index in [0.29, 0.717) is 17.9 Å². The second-order valence-electron chi connectivity index (χ2n) is 6.14. The van der Waals surface area contributed by atoms with Gasteiger partial charge in [0.05, 0.1) is 5.56 Å². The number of aliphatic hydroxyl groups is 1. The molecule has 2 N–H and O–H groups in total. The summed E-state index contributed by atoms with van der Waals surface area (Å²) >= 11 is 0. The van der Waals surface area contributed by atoms with E-state index in [9.17, 15) is 9.90 Å². The third kappa shape index (κ3) is 4.80. The molecular weight excluding hydrogens is 282 g/mol. The van der Waals surface area contributed by atoms with Crippen molar-refractivity contribution in [1.29, 1.82) is 0 Å². The molecule has 122 valence electrons. The van der Waals surface area contributed by atoms with Crippen LogP contribution < -0.4 is 9.64 Å². The van der Waals surface area contributed by atoms with Gasteiger partial charge in [0, 0.05) is 0 Å². The van der Waals surface area contributed by atoms with Crippen molar-refractivity contribution in [2.45, 2.75) is 39.1 Å². The van der Waals surface area contributed by atoms with Gasteiger partial charge in [-0.1, -0.05) is 12.1 Å². The molecule has 0 aliphatic carbocycles. The van der Waals surface area contributed by atoms with Crippen LogP contribution in [0.15, 0.2) is 24.3 Å². The van der Waals surface area contributed by atoms with Crippen LogP contribution in [0.4, 0.5) is 0 Å². The van der Waals surface area contributed by atoms with Crippen LogP contribution in [0, 0.1) is 0 Å². The van der Waals surface area contributed by atoms with Crippen LogP contribution in [0.2, 0.25) is 0 Å². The molecule has 4 atom stereocenters. The van der Waals surface area contributed by atoms with Gasteiger partial charge in [-0.25, -0.2) is 0 Å². The molecule has 1 aromatic carbocycles. The molecule has 1 unspecified atom stereocenters. The molecule has 1 saturated heterocycles. The molecule has 5 heteroatoms. The maximum Gasteiger partial charge on any atom is 0.163 e. The Hall–Kier alpha value is -1.43. The van der Waals surface area contributed by atoms with Gasteiger partial charge in [-0.05, 0) is 32.9 Å². The topological polar surface area (TPSA) is 60.2 Å². The van der Waals surface area contributed by atoms with Crippen molar-refractivity contribution in [2.75, 3.05) is 26.2 Å². The largest absolute Gasteiger partial charge is 0.490 e. The molecule has 1 aliphatic rings. The van der Waals surface area contributed by atoms with Crippen molar-refractivity contribution in [1.82, 2.24) is 0 Å². The van der Waals surface area contributed by atoms with E-state index in [-0.39, 0.29) is 24.6 Å². The SMILES string of the molecule is CC(=O)c1ccccc1OC[C@@H](O)C[NH+]1C[C@@H](C)O[C@@H](C)C1. The molecule has 22 heavy (non-hydrogen) atoms. The van der Waals surface area contributed by atoms with E-state index >= 15 is 0 Å². The fraction of sp³-hybridized carbons (Fsp3) is 0.588. The highest BCUT2D eigenvalue weighted by atomic mass is 16.5. The zero-order valence-electron chi connectivity index (χ0n) is 13.5. The Morgan fingerprint density at radius 3 is 2.64 bits per heavy atom. The van der Waals surface area contributed by atoms with E-state index in [2.05, 4.69) is 13.8 Å². The van der Waals surface area contributed by atoms with Crippen LogP contribution >= 0.6 is 0 Å². The minimum absolute atomic E-state index is 0.0356. The van der Waals surface area contributed by atoms with Gasteiger partial charge in [0.25, 0.3) is 0 Å². The molecule has 1 fully saturated rings. The van der Waals surface area contributed by atoms with Gasteiger partial charge in [0.2, 0.25) is 0 Å². The van der Waals surface area contributed by atoms with Gasteiger partial charge >= 0.3 is 0 Å². The second kappa shape index (κ2) is 7.72. The van der Waals surface area contributed by atoms with E-state index < -0.39 is 6.10 Å². The number of benzene rings is 1. The van der Waals surface area contributed by atoms with Crippen LogP contribution in [-0.4, -0.2) is 55.4 Å². The summed E-state index contributed by atoms with van der Waals surface area (Å²) in [5, 5.41) is 10.2. The molecule has 0 aromatic heterocycles. The first-order valence-electron chi connectivity index (χ1n) is 7.85. The maximum atomic E-state index is 11.5. The number of hydrogen-bond acceptors (Lipinski definition) is 4. The molecule has 1 aliphatic heterocycles. The second-order valence-corrected chi connectivity index (χ2v) is 6.14. The molecular formula is C17H26NO4+. The number of quaternary nitrogens is 1. The molecule has 5 nitrogen and oxygen atoms in total. The predicted octanol–water partition coefficient (Wildman–Crippen LogP) is 0.321. The molecule has 1 heterocycles. The smallest absolute Gasteiger partial charge is 0.163 e. The number of ether oxygens (including phenoxy) is 2. The van der Waals surface area contributed by atoms with E-state index in [1.54, 1.807) is 18.2 Å². The normalized spacial score (nSPS) is 26.5. The molecule has 1 aromatic rings. The van der Waals surface area contributed by atoms with Crippen molar-refractivity contribution in [2.24, 2.45) is 0 Å². The highest BCUT2D eigenvalue weighted by molar-refractivity contribution is 5.96. The number of carbonyl (C=O) groups is 1. The van der Waals surface area contributed by atoms with Crippen LogP contribution in [-0.2, 0) is 4.74 Å². The van der Waals surface area contributed by atoms with Gasteiger partial charge in [0.1, 0.15) is 50.3 Å². The highest BCUT2D eigenvalue weighted by Gasteiger charge is 2.27. The van der Waals surface area contributed by atoms with Gasteiger partial charge in [-0.3, -0.25) is 4.79 Å². The van der Waals surface area contributed by atoms with Gasteiger partial charge in [0.15, 0.2) is 5.78 Å². The van der Waals surface area contributed by atoms with Gasteiger partial charge in [-0.2, -0.15) is 0 Å². The predicted molar refractivity (Wildman–Crippen MR) is 83.5 cm³/mol. The quantitative estimate of drug-likeness (QED) is 0.743. The Labute approximate surface area is 131 Å². The molecule has 0 saturated carbocycles. The number of ketones is 1. The average molecular weight is 308 g/mol. The molecule has 0 radical (unpaired) electrons. The molecule has 0 bridgehead atoms. The first-order chi connectivity index (χ1) is 10.5. The van der Waals surface area contributed by atoms with Crippen molar-refractivity contribution >= 4 is 5.78 Å². The molecule has 2 rings (SSSR count). The Morgan fingerprint density at radius 1 is 1.36 bits per heavy atom. The standard InChI is InChI=1S/C17H25NO4/c1-12-8-18(9-13(2)22-12)10-15(20)11-21-17-7-5-4-6-16(17)14(3)19/h4-7,12-13,15,20H,8-11H2,1-3H3/p+1/t12-,13+,15-/m0/s1. The lowest BCUT2D eigenvalue weighted by atomic mass is 10.1. The Morgan fingerprint density at radius 2 is 2.00 bits per heavy atom. The number of rotatable bonds is 6. The lowest BCUT2D eigenvalue weighted by Gasteiger charge is -2.33. The number of aliphatic hydroxyl groups excluding tert-OH is 1. The van der Waals surface area contributed by atoms with Crippen LogP contribution in [0.25, 0.3) is 0 Å². The van der Waals surface area contributed by atoms with Gasteiger partial charge in [-0.15, -0.1) is 0 Å². The zero-order chi connectivity index (χ0) is 16.1. The van der Waals surface area contributed by atoms with E-state index in [0.717, 1.165) is 13.1 Å². The van der Waals surface area contributed by atoms with Crippen molar-refractivity contribution < 1.29 is 24.3 Å². The first kappa shape index (κ1) is 16.9. The Kier molecular flexibility index (Phi) is 5.94. The van der Waals surface area contributed by atoms with E-state index in [1.807, 2.05) is 6.07 Å². The summed E-state index contributed by atoms with van der Waals surface area (Å²) in [4.78, 5) is 12.9. The lowest BCUT2D eigenvalue weighted by molar-refractivity contribution is -0.918. The fourth-order valence-electron chi connectivity index (χ4n) is 3.02. The third-order valence-corrected chi connectivity index (χ3v) is 3.84. The minimum atomic E-state index is -0.562. The summed E-state index contributed by atoms with van der Waals surface area (Å²) in [6, 6.07) is 7.13. The summed E-state index contributed by atoms with van der Waals surface area (Å²) in [6.45, 7) is 8.23. The third-order valence-electron chi connectivity index (χ3n) is 3.84. The van der Waals surface area contributed by atoms with Crippen molar-refractivity contribution in [3.8, 4) is 5.75 Å². The van der Waals surface area contributed by atoms with Crippen molar-refractivity contribution in [3.63, 3.8) is 0 Å². The summed E-state index contributed by atoms with van der Waals surface area (Å²) in [6.07, 6.45) is -0.136. The monoisotopic (exact) mass is 308 g/mol. The number of para-hydroxylation sites is 1. The maximum absolute atomic E-state index is 11.5. The summed E-state index contributed by atoms with van der Waals surface area (Å²) in [7, 11) is 0. The summed E-state index contributed by atoms with van der Waals surface area (Å²) < 4.78 is 11.3. The number of Topliss-reactive ketones (excluding diaryl/α,β-unsaturated/α-hetero) is 1.